The van der Waals surface area contributed by atoms with E-state index in [1.54, 1.807) is 0 Å². The van der Waals surface area contributed by atoms with Crippen LogP contribution in [0, 0.1) is 0 Å². The maximum Gasteiger partial charge on any atom is 0.140 e. The minimum Gasteiger partial charge on any atom is -0.384 e. The zero-order chi connectivity index (χ0) is 12.8. The molecule has 0 saturated heterocycles. The van der Waals surface area contributed by atoms with Crippen molar-refractivity contribution >= 4 is 17.6 Å². The van der Waals surface area contributed by atoms with E-state index in [0.29, 0.717) is 5.82 Å². The number of rotatable bonds is 5. The Balaban J connectivity index is 1.91. The van der Waals surface area contributed by atoms with Crippen LogP contribution in [-0.2, 0) is 12.2 Å². The van der Waals surface area contributed by atoms with Crippen LogP contribution in [0.15, 0.2) is 6.07 Å². The Bertz CT molecular complexity index is 375. The van der Waals surface area contributed by atoms with Gasteiger partial charge in [-0.15, -0.1) is 0 Å². The van der Waals surface area contributed by atoms with Gasteiger partial charge >= 0.3 is 0 Å². The average Bonchev–Trinajstić information content (AvgIpc) is 2.37. The summed E-state index contributed by atoms with van der Waals surface area (Å²) in [6.45, 7) is 2.16. The molecule has 1 aromatic heterocycles. The first-order valence-corrected chi connectivity index (χ1v) is 8.06. The Morgan fingerprint density at radius 2 is 2.06 bits per heavy atom. The molecule has 0 spiro atoms. The molecule has 0 bridgehead atoms. The number of nitrogens with two attached hydrogens (primary N) is 1. The normalized spacial score (nSPS) is 16.9. The van der Waals surface area contributed by atoms with E-state index in [2.05, 4.69) is 16.9 Å². The molecule has 1 heterocycles. The lowest BCUT2D eigenvalue weighted by molar-refractivity contribution is 0.516. The van der Waals surface area contributed by atoms with Gasteiger partial charge in [0, 0.05) is 17.0 Å². The van der Waals surface area contributed by atoms with Gasteiger partial charge in [0.1, 0.15) is 11.6 Å². The summed E-state index contributed by atoms with van der Waals surface area (Å²) in [4.78, 5) is 8.94. The van der Waals surface area contributed by atoms with Crippen LogP contribution in [0.3, 0.4) is 0 Å². The summed E-state index contributed by atoms with van der Waals surface area (Å²) in [5.74, 6) is 2.44. The molecular formula is C14H23N3S. The van der Waals surface area contributed by atoms with E-state index in [9.17, 15) is 0 Å². The van der Waals surface area contributed by atoms with Crippen molar-refractivity contribution < 1.29 is 0 Å². The van der Waals surface area contributed by atoms with Crippen LogP contribution in [0.2, 0.25) is 0 Å². The van der Waals surface area contributed by atoms with Crippen LogP contribution in [0.25, 0.3) is 0 Å². The number of nitrogens with zero attached hydrogens (tertiary/aromatic N) is 2. The van der Waals surface area contributed by atoms with Gasteiger partial charge in [-0.3, -0.25) is 0 Å². The molecule has 3 nitrogen and oxygen atoms in total. The largest absolute Gasteiger partial charge is 0.384 e. The molecule has 18 heavy (non-hydrogen) atoms. The molecule has 1 fully saturated rings. The highest BCUT2D eigenvalue weighted by Gasteiger charge is 2.14. The second kappa shape index (κ2) is 6.98. The first kappa shape index (κ1) is 13.7. The fourth-order valence-electron chi connectivity index (χ4n) is 2.45. The molecule has 0 unspecified atom stereocenters. The van der Waals surface area contributed by atoms with Crippen molar-refractivity contribution in [1.29, 1.82) is 0 Å². The molecule has 1 saturated carbocycles. The van der Waals surface area contributed by atoms with Gasteiger partial charge < -0.3 is 5.73 Å². The highest BCUT2D eigenvalue weighted by molar-refractivity contribution is 7.99. The Kier molecular flexibility index (Phi) is 5.29. The number of nitrogen functional groups attached to an aromatic ring is 1. The van der Waals surface area contributed by atoms with Crippen molar-refractivity contribution in [2.24, 2.45) is 0 Å². The van der Waals surface area contributed by atoms with Gasteiger partial charge in [-0.1, -0.05) is 32.6 Å². The van der Waals surface area contributed by atoms with Crippen molar-refractivity contribution in [2.75, 3.05) is 5.73 Å². The van der Waals surface area contributed by atoms with Crippen LogP contribution in [-0.4, -0.2) is 15.2 Å². The van der Waals surface area contributed by atoms with Gasteiger partial charge in [0.15, 0.2) is 0 Å². The predicted octanol–water partition coefficient (Wildman–Crippen LogP) is 3.58. The minimum atomic E-state index is 0.618. The quantitative estimate of drug-likeness (QED) is 0.884. The van der Waals surface area contributed by atoms with Crippen LogP contribution in [0.4, 0.5) is 5.82 Å². The number of aromatic nitrogens is 2. The van der Waals surface area contributed by atoms with Gasteiger partial charge in [-0.25, -0.2) is 9.97 Å². The molecule has 2 N–H and O–H groups in total. The van der Waals surface area contributed by atoms with Gasteiger partial charge in [0.05, 0.1) is 5.75 Å². The second-order valence-electron chi connectivity index (χ2n) is 5.02. The van der Waals surface area contributed by atoms with Crippen molar-refractivity contribution in [3.8, 4) is 0 Å². The lowest BCUT2D eigenvalue weighted by Crippen LogP contribution is -2.09. The fourth-order valence-corrected chi connectivity index (χ4v) is 3.63. The van der Waals surface area contributed by atoms with E-state index in [4.69, 9.17) is 5.73 Å². The van der Waals surface area contributed by atoms with Crippen molar-refractivity contribution in [3.63, 3.8) is 0 Å². The monoisotopic (exact) mass is 265 g/mol. The topological polar surface area (TPSA) is 51.8 Å². The van der Waals surface area contributed by atoms with E-state index in [1.165, 1.54) is 32.1 Å². The zero-order valence-electron chi connectivity index (χ0n) is 11.2. The van der Waals surface area contributed by atoms with Crippen LogP contribution < -0.4 is 5.73 Å². The third-order valence-electron chi connectivity index (χ3n) is 3.35. The number of anilines is 1. The summed E-state index contributed by atoms with van der Waals surface area (Å²) in [6.07, 6.45) is 8.99. The molecular weight excluding hydrogens is 242 g/mol. The van der Waals surface area contributed by atoms with Crippen molar-refractivity contribution in [3.05, 3.63) is 17.6 Å². The third-order valence-corrected chi connectivity index (χ3v) is 4.72. The number of hydrogen-bond acceptors (Lipinski definition) is 4. The molecule has 0 atom stereocenters. The van der Waals surface area contributed by atoms with Crippen molar-refractivity contribution in [1.82, 2.24) is 9.97 Å². The summed E-state index contributed by atoms with van der Waals surface area (Å²) in [5, 5.41) is 0.804. The Hall–Kier alpha value is -0.770. The van der Waals surface area contributed by atoms with Crippen LogP contribution in [0.5, 0.6) is 0 Å². The number of thioether (sulfide) groups is 1. The summed E-state index contributed by atoms with van der Waals surface area (Å²) in [5.41, 5.74) is 6.93. The molecule has 1 aliphatic carbocycles. The molecule has 0 radical (unpaired) electrons. The predicted molar refractivity (Wildman–Crippen MR) is 78.6 cm³/mol. The average molecular weight is 265 g/mol. The van der Waals surface area contributed by atoms with Crippen LogP contribution in [0.1, 0.15) is 57.0 Å². The summed E-state index contributed by atoms with van der Waals surface area (Å²) >= 11 is 2.01. The Morgan fingerprint density at radius 3 is 2.78 bits per heavy atom. The van der Waals surface area contributed by atoms with E-state index in [1.807, 2.05) is 17.8 Å². The third kappa shape index (κ3) is 4.16. The van der Waals surface area contributed by atoms with Crippen LogP contribution >= 0.6 is 11.8 Å². The fraction of sp³-hybridized carbons (Fsp3) is 0.714. The molecule has 100 valence electrons. The lowest BCUT2D eigenvalue weighted by atomic mass is 10.0. The summed E-state index contributed by atoms with van der Waals surface area (Å²) in [7, 11) is 0. The van der Waals surface area contributed by atoms with Crippen molar-refractivity contribution in [2.45, 2.75) is 62.9 Å². The standard InChI is InChI=1S/C14H23N3S/c1-2-6-11-9-13(15)17-14(16-11)10-18-12-7-4-3-5-8-12/h9,12H,2-8,10H2,1H3,(H2,15,16,17). The minimum absolute atomic E-state index is 0.618. The van der Waals surface area contributed by atoms with E-state index in [-0.39, 0.29) is 0 Å². The molecule has 0 aromatic carbocycles. The number of hydrogen-bond donors (Lipinski definition) is 1. The number of aryl methyl sites for hydroxylation is 1. The first-order valence-electron chi connectivity index (χ1n) is 7.02. The Labute approximate surface area is 114 Å². The summed E-state index contributed by atoms with van der Waals surface area (Å²) < 4.78 is 0. The van der Waals surface area contributed by atoms with E-state index >= 15 is 0 Å². The highest BCUT2D eigenvalue weighted by atomic mass is 32.2. The van der Waals surface area contributed by atoms with E-state index in [0.717, 1.165) is 35.4 Å². The lowest BCUT2D eigenvalue weighted by Gasteiger charge is -2.20. The SMILES string of the molecule is CCCc1cc(N)nc(CSC2CCCCC2)n1. The molecule has 0 amide bonds. The zero-order valence-corrected chi connectivity index (χ0v) is 12.0. The molecule has 0 aliphatic heterocycles. The molecule has 4 heteroatoms. The van der Waals surface area contributed by atoms with Gasteiger partial charge in [0.2, 0.25) is 0 Å². The second-order valence-corrected chi connectivity index (χ2v) is 6.31. The van der Waals surface area contributed by atoms with Gasteiger partial charge in [-0.2, -0.15) is 11.8 Å². The Morgan fingerprint density at radius 1 is 1.28 bits per heavy atom. The smallest absolute Gasteiger partial charge is 0.140 e. The van der Waals surface area contributed by atoms with Gasteiger partial charge in [-0.05, 0) is 19.3 Å². The molecule has 2 rings (SSSR count). The molecule has 1 aliphatic rings. The van der Waals surface area contributed by atoms with Gasteiger partial charge in [0.25, 0.3) is 0 Å². The van der Waals surface area contributed by atoms with E-state index < -0.39 is 0 Å². The highest BCUT2D eigenvalue weighted by Crippen LogP contribution is 2.29. The maximum atomic E-state index is 5.84. The summed E-state index contributed by atoms with van der Waals surface area (Å²) in [6, 6.07) is 1.90. The molecule has 1 aromatic rings. The first-order chi connectivity index (χ1) is 8.78. The maximum absolute atomic E-state index is 5.84.